The molecule has 0 bridgehead atoms. The topological polar surface area (TPSA) is 76.6 Å². The summed E-state index contributed by atoms with van der Waals surface area (Å²) < 4.78 is 11.1. The van der Waals surface area contributed by atoms with Gasteiger partial charge in [-0.25, -0.2) is 4.98 Å². The van der Waals surface area contributed by atoms with E-state index in [1.54, 1.807) is 24.3 Å². The molecule has 1 saturated heterocycles. The Balaban J connectivity index is 1.41. The molecule has 150 valence electrons. The van der Waals surface area contributed by atoms with Gasteiger partial charge in [0.25, 0.3) is 5.91 Å². The first-order chi connectivity index (χ1) is 13.6. The molecule has 1 amide bonds. The van der Waals surface area contributed by atoms with Gasteiger partial charge >= 0.3 is 0 Å². The number of carbonyl (C=O) groups is 1. The largest absolute Gasteiger partial charge is 0.482 e. The van der Waals surface area contributed by atoms with Gasteiger partial charge in [0.1, 0.15) is 24.0 Å². The van der Waals surface area contributed by atoms with Crippen LogP contribution in [0.3, 0.4) is 0 Å². The predicted octanol–water partition coefficient (Wildman–Crippen LogP) is 3.00. The minimum atomic E-state index is -0.239. The van der Waals surface area contributed by atoms with E-state index < -0.39 is 0 Å². The number of ether oxygens (including phenoxy) is 2. The molecular formula is C20H25ClN4O3. The van der Waals surface area contributed by atoms with E-state index in [-0.39, 0.29) is 12.5 Å². The van der Waals surface area contributed by atoms with Crippen molar-refractivity contribution in [2.24, 2.45) is 0 Å². The number of anilines is 1. The van der Waals surface area contributed by atoms with E-state index in [2.05, 4.69) is 20.2 Å². The predicted molar refractivity (Wildman–Crippen MR) is 108 cm³/mol. The highest BCUT2D eigenvalue weighted by atomic mass is 35.5. The quantitative estimate of drug-likeness (QED) is 0.681. The monoisotopic (exact) mass is 404 g/mol. The fourth-order valence-electron chi connectivity index (χ4n) is 2.99. The Bertz CT molecular complexity index is 797. The van der Waals surface area contributed by atoms with Gasteiger partial charge in [0.15, 0.2) is 6.61 Å². The van der Waals surface area contributed by atoms with Crippen molar-refractivity contribution in [3.8, 4) is 11.6 Å². The number of rotatable bonds is 8. The van der Waals surface area contributed by atoms with E-state index in [1.165, 1.54) is 19.3 Å². The lowest BCUT2D eigenvalue weighted by Gasteiger charge is -2.28. The Hall–Kier alpha value is -2.54. The van der Waals surface area contributed by atoms with Crippen LogP contribution in [0.4, 0.5) is 5.82 Å². The number of nitrogens with zero attached hydrogens (tertiary/aromatic N) is 3. The molecule has 1 N–H and O–H groups in total. The van der Waals surface area contributed by atoms with E-state index >= 15 is 0 Å². The van der Waals surface area contributed by atoms with E-state index in [0.29, 0.717) is 35.6 Å². The van der Waals surface area contributed by atoms with Crippen molar-refractivity contribution in [1.82, 2.24) is 15.3 Å². The van der Waals surface area contributed by atoms with Gasteiger partial charge in [-0.05, 0) is 38.3 Å². The van der Waals surface area contributed by atoms with Crippen molar-refractivity contribution in [1.29, 1.82) is 0 Å². The number of hydrogen-bond acceptors (Lipinski definition) is 6. The first-order valence-electron chi connectivity index (χ1n) is 9.49. The van der Waals surface area contributed by atoms with Crippen LogP contribution >= 0.6 is 11.6 Å². The second-order valence-corrected chi connectivity index (χ2v) is 6.98. The second kappa shape index (κ2) is 10.1. The number of halogens is 1. The molecule has 3 rings (SSSR count). The molecule has 28 heavy (non-hydrogen) atoms. The van der Waals surface area contributed by atoms with Gasteiger partial charge in [0.2, 0.25) is 5.88 Å². The van der Waals surface area contributed by atoms with Crippen molar-refractivity contribution in [2.45, 2.75) is 26.2 Å². The molecule has 1 aliphatic heterocycles. The first-order valence-corrected chi connectivity index (χ1v) is 9.87. The summed E-state index contributed by atoms with van der Waals surface area (Å²) in [7, 11) is 0. The number of benzene rings is 1. The molecule has 2 heterocycles. The molecule has 0 atom stereocenters. The van der Waals surface area contributed by atoms with E-state index in [9.17, 15) is 4.79 Å². The van der Waals surface area contributed by atoms with Crippen LogP contribution in [-0.2, 0) is 4.79 Å². The Kier molecular flexibility index (Phi) is 7.31. The summed E-state index contributed by atoms with van der Waals surface area (Å²) in [6.45, 7) is 4.44. The van der Waals surface area contributed by atoms with Gasteiger partial charge < -0.3 is 19.7 Å². The SMILES string of the molecule is Cc1nc(OCCNC(=O)COc2ccccc2Cl)cc(N2CCCCC2)n1. The summed E-state index contributed by atoms with van der Waals surface area (Å²) in [6, 6.07) is 8.90. The Morgan fingerprint density at radius 1 is 1.18 bits per heavy atom. The minimum absolute atomic E-state index is 0.102. The van der Waals surface area contributed by atoms with E-state index in [0.717, 1.165) is 18.9 Å². The molecule has 0 saturated carbocycles. The molecule has 0 spiro atoms. The number of aryl methyl sites for hydroxylation is 1. The molecule has 1 aliphatic rings. The van der Waals surface area contributed by atoms with Crippen LogP contribution in [0.1, 0.15) is 25.1 Å². The normalized spacial score (nSPS) is 13.9. The summed E-state index contributed by atoms with van der Waals surface area (Å²) in [4.78, 5) is 23.0. The molecule has 0 unspecified atom stereocenters. The van der Waals surface area contributed by atoms with Crippen LogP contribution in [0, 0.1) is 6.92 Å². The van der Waals surface area contributed by atoms with Crippen LogP contribution in [-0.4, -0.2) is 48.7 Å². The van der Waals surface area contributed by atoms with Crippen LogP contribution < -0.4 is 19.7 Å². The number of nitrogens with one attached hydrogen (secondary N) is 1. The van der Waals surface area contributed by atoms with E-state index in [1.807, 2.05) is 13.0 Å². The zero-order valence-corrected chi connectivity index (χ0v) is 16.7. The second-order valence-electron chi connectivity index (χ2n) is 6.58. The van der Waals surface area contributed by atoms with Crippen LogP contribution in [0.5, 0.6) is 11.6 Å². The van der Waals surface area contributed by atoms with Crippen molar-refractivity contribution < 1.29 is 14.3 Å². The van der Waals surface area contributed by atoms with Gasteiger partial charge in [-0.3, -0.25) is 4.79 Å². The van der Waals surface area contributed by atoms with Gasteiger partial charge in [0, 0.05) is 19.2 Å². The highest BCUT2D eigenvalue weighted by molar-refractivity contribution is 6.32. The number of hydrogen-bond donors (Lipinski definition) is 1. The average Bonchev–Trinajstić information content (AvgIpc) is 2.71. The lowest BCUT2D eigenvalue weighted by atomic mass is 10.1. The number of aromatic nitrogens is 2. The van der Waals surface area contributed by atoms with Crippen molar-refractivity contribution >= 4 is 23.3 Å². The van der Waals surface area contributed by atoms with Gasteiger partial charge in [-0.1, -0.05) is 23.7 Å². The smallest absolute Gasteiger partial charge is 0.258 e. The Morgan fingerprint density at radius 3 is 2.75 bits per heavy atom. The fraction of sp³-hybridized carbons (Fsp3) is 0.450. The maximum Gasteiger partial charge on any atom is 0.258 e. The standard InChI is InChI=1S/C20H25ClN4O3/c1-15-23-18(25-10-5-2-6-11-25)13-20(24-15)27-12-9-22-19(26)14-28-17-8-4-3-7-16(17)21/h3-4,7-8,13H,2,5-6,9-12,14H2,1H3,(H,22,26). The lowest BCUT2D eigenvalue weighted by Crippen LogP contribution is -2.32. The third-order valence-electron chi connectivity index (χ3n) is 4.35. The number of para-hydroxylation sites is 1. The number of amides is 1. The zero-order chi connectivity index (χ0) is 19.8. The van der Waals surface area contributed by atoms with E-state index in [4.69, 9.17) is 21.1 Å². The maximum absolute atomic E-state index is 11.9. The first kappa shape index (κ1) is 20.2. The molecule has 1 fully saturated rings. The fourth-order valence-corrected chi connectivity index (χ4v) is 3.18. The molecule has 2 aromatic rings. The molecule has 7 nitrogen and oxygen atoms in total. The van der Waals surface area contributed by atoms with Crippen LogP contribution in [0.25, 0.3) is 0 Å². The molecule has 1 aromatic carbocycles. The maximum atomic E-state index is 11.9. The van der Waals surface area contributed by atoms with Crippen molar-refractivity contribution in [3.63, 3.8) is 0 Å². The Labute approximate surface area is 170 Å². The lowest BCUT2D eigenvalue weighted by molar-refractivity contribution is -0.123. The highest BCUT2D eigenvalue weighted by Crippen LogP contribution is 2.23. The molecule has 0 radical (unpaired) electrons. The highest BCUT2D eigenvalue weighted by Gasteiger charge is 2.14. The number of carbonyl (C=O) groups excluding carboxylic acids is 1. The number of piperidine rings is 1. The molecule has 1 aromatic heterocycles. The Morgan fingerprint density at radius 2 is 1.96 bits per heavy atom. The molecular weight excluding hydrogens is 380 g/mol. The summed E-state index contributed by atoms with van der Waals surface area (Å²) in [6.07, 6.45) is 3.63. The summed E-state index contributed by atoms with van der Waals surface area (Å²) >= 11 is 5.99. The molecule has 8 heteroatoms. The van der Waals surface area contributed by atoms with Crippen molar-refractivity contribution in [2.75, 3.05) is 37.7 Å². The summed E-state index contributed by atoms with van der Waals surface area (Å²) in [5.74, 6) is 2.35. The van der Waals surface area contributed by atoms with Gasteiger partial charge in [-0.15, -0.1) is 0 Å². The van der Waals surface area contributed by atoms with Crippen LogP contribution in [0.2, 0.25) is 5.02 Å². The summed E-state index contributed by atoms with van der Waals surface area (Å²) in [5, 5.41) is 3.22. The van der Waals surface area contributed by atoms with Crippen molar-refractivity contribution in [3.05, 3.63) is 41.2 Å². The average molecular weight is 405 g/mol. The van der Waals surface area contributed by atoms with Gasteiger partial charge in [-0.2, -0.15) is 4.98 Å². The van der Waals surface area contributed by atoms with Gasteiger partial charge in [0.05, 0.1) is 11.6 Å². The summed E-state index contributed by atoms with van der Waals surface area (Å²) in [5.41, 5.74) is 0. The third-order valence-corrected chi connectivity index (χ3v) is 4.66. The zero-order valence-electron chi connectivity index (χ0n) is 16.0. The molecule has 0 aliphatic carbocycles. The third kappa shape index (κ3) is 5.99. The minimum Gasteiger partial charge on any atom is -0.482 e. The van der Waals surface area contributed by atoms with Crippen LogP contribution in [0.15, 0.2) is 30.3 Å².